The summed E-state index contributed by atoms with van der Waals surface area (Å²) < 4.78 is 12.7. The highest BCUT2D eigenvalue weighted by Gasteiger charge is 2.29. The summed E-state index contributed by atoms with van der Waals surface area (Å²) in [5, 5.41) is 19.6. The number of Topliss-reactive ketones (excluding diaryl/α,β-unsaturated/α-hetero) is 1. The number of piperidine rings is 1. The van der Waals surface area contributed by atoms with E-state index in [2.05, 4.69) is 35.0 Å². The van der Waals surface area contributed by atoms with Gasteiger partial charge >= 0.3 is 5.97 Å². The molecule has 0 aliphatic carbocycles. The number of ketones is 1. The zero-order valence-corrected chi connectivity index (χ0v) is 31.3. The number of likely N-dealkylation sites (tertiary alicyclic amines) is 2. The molecule has 0 amide bonds. The number of halogens is 1. The molecule has 0 radical (unpaired) electrons. The molecule has 1 N–H and O–H groups in total. The molecule has 3 aromatic carbocycles. The van der Waals surface area contributed by atoms with Crippen LogP contribution < -0.4 is 9.47 Å². The maximum absolute atomic E-state index is 13.3. The minimum absolute atomic E-state index is 0.152. The number of rotatable bonds is 15. The number of carbonyl (C=O) groups excluding carboxylic acids is 1. The lowest BCUT2D eigenvalue weighted by molar-refractivity contribution is -0.144. The van der Waals surface area contributed by atoms with Crippen LogP contribution in [0.2, 0.25) is 5.02 Å². The molecule has 0 unspecified atom stereocenters. The van der Waals surface area contributed by atoms with E-state index in [1.807, 2.05) is 36.1 Å². The van der Waals surface area contributed by atoms with Crippen LogP contribution in [0, 0.1) is 25.2 Å². The molecular weight excluding hydrogens is 688 g/mol. The quantitative estimate of drug-likeness (QED) is 0.120. The van der Waals surface area contributed by atoms with Crippen molar-refractivity contribution in [2.24, 2.45) is 0 Å². The summed E-state index contributed by atoms with van der Waals surface area (Å²) in [6.07, 6.45) is 9.44. The number of hydrogen-bond donors (Lipinski definition) is 1. The van der Waals surface area contributed by atoms with Crippen molar-refractivity contribution in [2.75, 3.05) is 26.2 Å². The lowest BCUT2D eigenvalue weighted by atomic mass is 9.90. The number of carboxylic acid groups (broad SMARTS) is 1. The van der Waals surface area contributed by atoms with Gasteiger partial charge in [-0.05, 0) is 112 Å². The molecule has 1 atom stereocenters. The summed E-state index contributed by atoms with van der Waals surface area (Å²) in [4.78, 5) is 33.9. The normalized spacial score (nSPS) is 16.3. The van der Waals surface area contributed by atoms with Crippen molar-refractivity contribution in [3.05, 3.63) is 111 Å². The molecule has 0 spiro atoms. The molecule has 2 aliphatic heterocycles. The molecule has 3 heterocycles. The van der Waals surface area contributed by atoms with Crippen molar-refractivity contribution in [1.29, 1.82) is 5.26 Å². The topological polar surface area (TPSA) is 116 Å². The van der Waals surface area contributed by atoms with E-state index in [1.54, 1.807) is 24.4 Å². The molecular formula is C43H47ClN4O5. The van der Waals surface area contributed by atoms with Crippen molar-refractivity contribution in [2.45, 2.75) is 84.6 Å². The number of carbonyl (C=O) groups is 2. The monoisotopic (exact) mass is 734 g/mol. The van der Waals surface area contributed by atoms with Gasteiger partial charge < -0.3 is 19.5 Å². The molecule has 2 saturated heterocycles. The molecule has 2 fully saturated rings. The number of nitriles is 1. The summed E-state index contributed by atoms with van der Waals surface area (Å²) >= 11 is 6.85. The Bertz CT molecular complexity index is 1990. The van der Waals surface area contributed by atoms with Crippen molar-refractivity contribution in [3.63, 3.8) is 0 Å². The maximum Gasteiger partial charge on any atom is 0.320 e. The average molecular weight is 735 g/mol. The van der Waals surface area contributed by atoms with Crippen molar-refractivity contribution in [1.82, 2.24) is 14.8 Å². The Labute approximate surface area is 317 Å². The molecule has 10 heteroatoms. The summed E-state index contributed by atoms with van der Waals surface area (Å²) in [7, 11) is 0. The first kappa shape index (κ1) is 38.0. The number of benzene rings is 3. The second kappa shape index (κ2) is 17.8. The Morgan fingerprint density at radius 3 is 2.42 bits per heavy atom. The van der Waals surface area contributed by atoms with Crippen molar-refractivity contribution < 1.29 is 24.2 Å². The fourth-order valence-electron chi connectivity index (χ4n) is 7.53. The van der Waals surface area contributed by atoms with Crippen LogP contribution in [0.5, 0.6) is 11.5 Å². The van der Waals surface area contributed by atoms with Gasteiger partial charge in [-0.3, -0.25) is 19.5 Å². The zero-order valence-electron chi connectivity index (χ0n) is 30.6. The zero-order chi connectivity index (χ0) is 37.3. The predicted octanol–water partition coefficient (Wildman–Crippen LogP) is 8.55. The van der Waals surface area contributed by atoms with Gasteiger partial charge in [-0.1, -0.05) is 54.4 Å². The standard InChI is InChI=1S/C43H47ClN4O5/c1-29-33(10-7-11-35(29)36-12-8-13-37(30(36)2)40(49)15-9-18-47-16-5-6-17-47)28-53-42-22-41(52-27-32-20-31(23-45)24-46-25-32)34(21-38(42)44)26-48-19-4-3-14-39(48)43(50)51/h7-8,10-13,20-22,24-25,39H,3-6,9,14-19,26-28H2,1-2H3,(H,50,51)/t39-/m0/s1. The first-order chi connectivity index (χ1) is 25.7. The fraction of sp³-hybridized carbons (Fsp3) is 0.395. The predicted molar refractivity (Wildman–Crippen MR) is 205 cm³/mol. The van der Waals surface area contributed by atoms with Gasteiger partial charge in [-0.15, -0.1) is 0 Å². The van der Waals surface area contributed by atoms with Crippen LogP contribution in [0.1, 0.15) is 88.7 Å². The Morgan fingerprint density at radius 1 is 0.906 bits per heavy atom. The molecule has 0 bridgehead atoms. The minimum Gasteiger partial charge on any atom is -0.488 e. The van der Waals surface area contributed by atoms with E-state index in [4.69, 9.17) is 21.1 Å². The lowest BCUT2D eigenvalue weighted by Gasteiger charge is -2.33. The van der Waals surface area contributed by atoms with Crippen LogP contribution in [-0.2, 0) is 24.6 Å². The van der Waals surface area contributed by atoms with E-state index in [-0.39, 0.29) is 19.0 Å². The van der Waals surface area contributed by atoms with Crippen molar-refractivity contribution >= 4 is 23.4 Å². The van der Waals surface area contributed by atoms with Crippen molar-refractivity contribution in [3.8, 4) is 28.7 Å². The van der Waals surface area contributed by atoms with Gasteiger partial charge in [0.2, 0.25) is 0 Å². The number of ether oxygens (including phenoxy) is 2. The Kier molecular flexibility index (Phi) is 12.8. The molecule has 2 aliphatic rings. The molecule has 1 aromatic heterocycles. The van der Waals surface area contributed by atoms with Crippen LogP contribution >= 0.6 is 11.6 Å². The molecule has 53 heavy (non-hydrogen) atoms. The molecule has 0 saturated carbocycles. The highest BCUT2D eigenvalue weighted by molar-refractivity contribution is 6.32. The van der Waals surface area contributed by atoms with Gasteiger partial charge in [0.1, 0.15) is 36.8 Å². The van der Waals surface area contributed by atoms with E-state index >= 15 is 0 Å². The van der Waals surface area contributed by atoms with Gasteiger partial charge in [0.15, 0.2) is 5.78 Å². The van der Waals surface area contributed by atoms with Crippen LogP contribution in [0.4, 0.5) is 0 Å². The smallest absolute Gasteiger partial charge is 0.320 e. The van der Waals surface area contributed by atoms with E-state index in [1.165, 1.54) is 19.0 Å². The average Bonchev–Trinajstić information content (AvgIpc) is 3.68. The van der Waals surface area contributed by atoms with E-state index in [9.17, 15) is 20.0 Å². The number of nitrogens with zero attached hydrogens (tertiary/aromatic N) is 4. The number of pyridine rings is 1. The van der Waals surface area contributed by atoms with Crippen LogP contribution in [0.25, 0.3) is 11.1 Å². The molecule has 276 valence electrons. The fourth-order valence-corrected chi connectivity index (χ4v) is 7.77. The van der Waals surface area contributed by atoms with E-state index < -0.39 is 12.0 Å². The number of aromatic nitrogens is 1. The highest BCUT2D eigenvalue weighted by Crippen LogP contribution is 2.37. The summed E-state index contributed by atoms with van der Waals surface area (Å²) in [6.45, 7) is 8.76. The van der Waals surface area contributed by atoms with Crippen LogP contribution in [-0.4, -0.2) is 63.9 Å². The first-order valence-corrected chi connectivity index (χ1v) is 18.9. The Balaban J connectivity index is 1.21. The minimum atomic E-state index is -0.836. The largest absolute Gasteiger partial charge is 0.488 e. The van der Waals surface area contributed by atoms with Crippen LogP contribution in [0.15, 0.2) is 67.0 Å². The van der Waals surface area contributed by atoms with E-state index in [0.717, 1.165) is 83.4 Å². The summed E-state index contributed by atoms with van der Waals surface area (Å²) in [5.74, 6) is 0.302. The third-order valence-electron chi connectivity index (χ3n) is 10.5. The first-order valence-electron chi connectivity index (χ1n) is 18.5. The number of hydrogen-bond acceptors (Lipinski definition) is 8. The van der Waals surface area contributed by atoms with Gasteiger partial charge in [-0.2, -0.15) is 5.26 Å². The van der Waals surface area contributed by atoms with E-state index in [0.29, 0.717) is 48.0 Å². The molecule has 4 aromatic rings. The highest BCUT2D eigenvalue weighted by atomic mass is 35.5. The van der Waals surface area contributed by atoms with Gasteiger partial charge in [0.05, 0.1) is 10.6 Å². The maximum atomic E-state index is 13.3. The second-order valence-electron chi connectivity index (χ2n) is 14.1. The third-order valence-corrected chi connectivity index (χ3v) is 10.8. The lowest BCUT2D eigenvalue weighted by Crippen LogP contribution is -2.44. The van der Waals surface area contributed by atoms with Gasteiger partial charge in [-0.25, -0.2) is 0 Å². The molecule has 9 nitrogen and oxygen atoms in total. The summed E-state index contributed by atoms with van der Waals surface area (Å²) in [6, 6.07) is 18.9. The Morgan fingerprint density at radius 2 is 1.64 bits per heavy atom. The third kappa shape index (κ3) is 9.44. The van der Waals surface area contributed by atoms with Gasteiger partial charge in [0.25, 0.3) is 0 Å². The SMILES string of the molecule is Cc1c(COc2cc(OCc3cncc(C#N)c3)c(CN3CCCC[C@H]3C(=O)O)cc2Cl)cccc1-c1cccc(C(=O)CCCN2CCCC2)c1C. The second-order valence-corrected chi connectivity index (χ2v) is 14.5. The van der Waals surface area contributed by atoms with Gasteiger partial charge in [0, 0.05) is 48.1 Å². The number of aliphatic carboxylic acids is 1. The molecule has 6 rings (SSSR count). The van der Waals surface area contributed by atoms with Crippen LogP contribution in [0.3, 0.4) is 0 Å². The Hall–Kier alpha value is -4.75. The number of carboxylic acids is 1. The summed E-state index contributed by atoms with van der Waals surface area (Å²) in [5.41, 5.74) is 7.76.